The molecule has 4 heteroatoms. The Bertz CT molecular complexity index is 581. The summed E-state index contributed by atoms with van der Waals surface area (Å²) in [7, 11) is 0. The third-order valence-electron chi connectivity index (χ3n) is 3.34. The molecule has 0 aliphatic carbocycles. The molecule has 0 saturated carbocycles. The lowest BCUT2D eigenvalue weighted by atomic mass is 10.0. The molecule has 2 aromatic carbocycles. The summed E-state index contributed by atoms with van der Waals surface area (Å²) in [6.45, 7) is 3.91. The Morgan fingerprint density at radius 2 is 1.55 bits per heavy atom. The van der Waals surface area contributed by atoms with Crippen molar-refractivity contribution >= 4 is 11.6 Å². The van der Waals surface area contributed by atoms with Gasteiger partial charge in [0, 0.05) is 17.1 Å². The fourth-order valence-electron chi connectivity index (χ4n) is 2.32. The molecule has 0 radical (unpaired) electrons. The Balaban J connectivity index is 2.17. The van der Waals surface area contributed by atoms with Crippen molar-refractivity contribution in [3.8, 4) is 11.5 Å². The van der Waals surface area contributed by atoms with Gasteiger partial charge in [0.2, 0.25) is 0 Å². The van der Waals surface area contributed by atoms with Crippen LogP contribution in [-0.2, 0) is 0 Å². The number of rotatable bonds is 4. The highest BCUT2D eigenvalue weighted by Crippen LogP contribution is 2.33. The molecule has 2 aromatic rings. The van der Waals surface area contributed by atoms with E-state index in [1.807, 2.05) is 38.1 Å². The maximum atomic E-state index is 9.87. The predicted octanol–water partition coefficient (Wildman–Crippen LogP) is 4.16. The van der Waals surface area contributed by atoms with Crippen LogP contribution in [0, 0.1) is 0 Å². The summed E-state index contributed by atoms with van der Waals surface area (Å²) in [5.41, 5.74) is 1.56. The standard InChI is InChI=1S/C16H18ClNO2/c1-10(12-5-3-6-13(17)9-12)18-11(2)16-14(19)7-4-8-15(16)20/h3-11,18-20H,1-2H3/t10-,11?/m1/s1. The van der Waals surface area contributed by atoms with Gasteiger partial charge in [-0.15, -0.1) is 0 Å². The summed E-state index contributed by atoms with van der Waals surface area (Å²) < 4.78 is 0. The van der Waals surface area contributed by atoms with E-state index in [-0.39, 0.29) is 23.6 Å². The molecule has 2 rings (SSSR count). The molecule has 0 heterocycles. The van der Waals surface area contributed by atoms with Crippen LogP contribution in [0.3, 0.4) is 0 Å². The summed E-state index contributed by atoms with van der Waals surface area (Å²) >= 11 is 5.99. The minimum atomic E-state index is -0.190. The van der Waals surface area contributed by atoms with Crippen LogP contribution in [0.2, 0.25) is 5.02 Å². The van der Waals surface area contributed by atoms with Gasteiger partial charge in [0.05, 0.1) is 5.56 Å². The number of halogens is 1. The van der Waals surface area contributed by atoms with Crippen molar-refractivity contribution in [2.75, 3.05) is 0 Å². The van der Waals surface area contributed by atoms with Gasteiger partial charge in [0.15, 0.2) is 0 Å². The van der Waals surface area contributed by atoms with E-state index in [2.05, 4.69) is 5.32 Å². The second-order valence-electron chi connectivity index (χ2n) is 4.87. The van der Waals surface area contributed by atoms with Crippen molar-refractivity contribution in [3.63, 3.8) is 0 Å². The smallest absolute Gasteiger partial charge is 0.124 e. The number of hydrogen-bond acceptors (Lipinski definition) is 3. The van der Waals surface area contributed by atoms with E-state index in [0.717, 1.165) is 5.56 Å². The van der Waals surface area contributed by atoms with Crippen molar-refractivity contribution in [3.05, 3.63) is 58.6 Å². The zero-order valence-corrected chi connectivity index (χ0v) is 12.2. The van der Waals surface area contributed by atoms with Crippen LogP contribution in [0.25, 0.3) is 0 Å². The number of phenols is 2. The van der Waals surface area contributed by atoms with Gasteiger partial charge in [0.1, 0.15) is 11.5 Å². The Labute approximate surface area is 123 Å². The molecule has 0 fully saturated rings. The molecule has 0 aromatic heterocycles. The summed E-state index contributed by atoms with van der Waals surface area (Å²) in [5, 5.41) is 23.8. The van der Waals surface area contributed by atoms with E-state index in [9.17, 15) is 10.2 Å². The zero-order valence-electron chi connectivity index (χ0n) is 11.5. The summed E-state index contributed by atoms with van der Waals surface area (Å²) in [6, 6.07) is 12.2. The Morgan fingerprint density at radius 1 is 0.950 bits per heavy atom. The van der Waals surface area contributed by atoms with E-state index >= 15 is 0 Å². The summed E-state index contributed by atoms with van der Waals surface area (Å²) in [5.74, 6) is 0.173. The van der Waals surface area contributed by atoms with Gasteiger partial charge in [0.25, 0.3) is 0 Å². The number of benzene rings is 2. The number of aromatic hydroxyl groups is 2. The summed E-state index contributed by atoms with van der Waals surface area (Å²) in [6.07, 6.45) is 0. The first-order valence-corrected chi connectivity index (χ1v) is 6.89. The first-order chi connectivity index (χ1) is 9.49. The molecule has 0 aliphatic heterocycles. The highest BCUT2D eigenvalue weighted by Gasteiger charge is 2.17. The minimum absolute atomic E-state index is 0.0442. The third-order valence-corrected chi connectivity index (χ3v) is 3.58. The quantitative estimate of drug-likeness (QED) is 0.793. The van der Waals surface area contributed by atoms with Crippen molar-refractivity contribution in [1.29, 1.82) is 0 Å². The number of phenolic OH excluding ortho intramolecular Hbond substituents is 2. The summed E-state index contributed by atoms with van der Waals surface area (Å²) in [4.78, 5) is 0. The lowest BCUT2D eigenvalue weighted by molar-refractivity contribution is 0.407. The maximum Gasteiger partial charge on any atom is 0.124 e. The van der Waals surface area contributed by atoms with Crippen LogP contribution in [0.5, 0.6) is 11.5 Å². The highest BCUT2D eigenvalue weighted by atomic mass is 35.5. The van der Waals surface area contributed by atoms with E-state index < -0.39 is 0 Å². The monoisotopic (exact) mass is 291 g/mol. The lowest BCUT2D eigenvalue weighted by Gasteiger charge is -2.22. The first kappa shape index (κ1) is 14.7. The van der Waals surface area contributed by atoms with Crippen LogP contribution in [-0.4, -0.2) is 10.2 Å². The van der Waals surface area contributed by atoms with Crippen molar-refractivity contribution in [2.24, 2.45) is 0 Å². The van der Waals surface area contributed by atoms with E-state index in [1.54, 1.807) is 18.2 Å². The van der Waals surface area contributed by atoms with Crippen LogP contribution in [0.1, 0.15) is 37.1 Å². The fraction of sp³-hybridized carbons (Fsp3) is 0.250. The fourth-order valence-corrected chi connectivity index (χ4v) is 2.51. The topological polar surface area (TPSA) is 52.5 Å². The second-order valence-corrected chi connectivity index (χ2v) is 5.31. The number of hydrogen-bond donors (Lipinski definition) is 3. The molecule has 3 nitrogen and oxygen atoms in total. The van der Waals surface area contributed by atoms with Gasteiger partial charge in [-0.25, -0.2) is 0 Å². The van der Waals surface area contributed by atoms with Gasteiger partial charge in [-0.05, 0) is 43.7 Å². The van der Waals surface area contributed by atoms with E-state index in [1.165, 1.54) is 0 Å². The Kier molecular flexibility index (Phi) is 4.53. The van der Waals surface area contributed by atoms with E-state index in [0.29, 0.717) is 10.6 Å². The molecule has 0 amide bonds. The average Bonchev–Trinajstić information content (AvgIpc) is 2.38. The largest absolute Gasteiger partial charge is 0.507 e. The van der Waals surface area contributed by atoms with Crippen LogP contribution in [0.4, 0.5) is 0 Å². The molecular formula is C16H18ClNO2. The van der Waals surface area contributed by atoms with Crippen molar-refractivity contribution < 1.29 is 10.2 Å². The van der Waals surface area contributed by atoms with E-state index in [4.69, 9.17) is 11.6 Å². The highest BCUT2D eigenvalue weighted by molar-refractivity contribution is 6.30. The molecule has 1 unspecified atom stereocenters. The van der Waals surface area contributed by atoms with Crippen molar-refractivity contribution in [2.45, 2.75) is 25.9 Å². The number of nitrogens with one attached hydrogen (secondary N) is 1. The molecule has 0 aliphatic rings. The SMILES string of the molecule is CC(N[C@H](C)c1cccc(Cl)c1)c1c(O)cccc1O. The Hall–Kier alpha value is -1.71. The molecule has 2 atom stereocenters. The minimum Gasteiger partial charge on any atom is -0.507 e. The normalized spacial score (nSPS) is 13.9. The first-order valence-electron chi connectivity index (χ1n) is 6.51. The molecule has 3 N–H and O–H groups in total. The van der Waals surface area contributed by atoms with Crippen LogP contribution >= 0.6 is 11.6 Å². The molecule has 106 valence electrons. The Morgan fingerprint density at radius 3 is 2.15 bits per heavy atom. The molecule has 0 saturated heterocycles. The van der Waals surface area contributed by atoms with Gasteiger partial charge < -0.3 is 15.5 Å². The molecule has 0 bridgehead atoms. The maximum absolute atomic E-state index is 9.87. The van der Waals surface area contributed by atoms with Gasteiger partial charge >= 0.3 is 0 Å². The molecule has 20 heavy (non-hydrogen) atoms. The predicted molar refractivity (Wildman–Crippen MR) is 81.2 cm³/mol. The van der Waals surface area contributed by atoms with Gasteiger partial charge in [-0.1, -0.05) is 29.8 Å². The van der Waals surface area contributed by atoms with Crippen molar-refractivity contribution in [1.82, 2.24) is 5.32 Å². The van der Waals surface area contributed by atoms with Crippen LogP contribution < -0.4 is 5.32 Å². The van der Waals surface area contributed by atoms with Gasteiger partial charge in [-0.3, -0.25) is 0 Å². The third kappa shape index (κ3) is 3.24. The lowest BCUT2D eigenvalue weighted by Crippen LogP contribution is -2.22. The molecule has 0 spiro atoms. The second kappa shape index (κ2) is 6.16. The van der Waals surface area contributed by atoms with Gasteiger partial charge in [-0.2, -0.15) is 0 Å². The zero-order chi connectivity index (χ0) is 14.7. The molecular weight excluding hydrogens is 274 g/mol. The average molecular weight is 292 g/mol. The van der Waals surface area contributed by atoms with Crippen LogP contribution in [0.15, 0.2) is 42.5 Å².